The fraction of sp³-hybridized carbons (Fsp3) is 0.316. The van der Waals surface area contributed by atoms with Crippen LogP contribution in [0.4, 0.5) is 0 Å². The second kappa shape index (κ2) is 8.50. The van der Waals surface area contributed by atoms with Crippen LogP contribution in [0.15, 0.2) is 36.5 Å². The van der Waals surface area contributed by atoms with E-state index in [2.05, 4.69) is 0 Å². The molecule has 3 aliphatic heterocycles. The summed E-state index contributed by atoms with van der Waals surface area (Å²) in [4.78, 5) is 89.2. The third-order valence-corrected chi connectivity index (χ3v) is 5.15. The molecular weight excluding hydrogens is 446 g/mol. The first-order valence-corrected chi connectivity index (χ1v) is 9.28. The first-order chi connectivity index (χ1) is 15.6. The number of hydrogen-bond donors (Lipinski definition) is 3. The zero-order valence-electron chi connectivity index (χ0n) is 16.7. The van der Waals surface area contributed by atoms with E-state index in [1.807, 2.05) is 0 Å². The van der Waals surface area contributed by atoms with Crippen LogP contribution in [0.2, 0.25) is 0 Å². The van der Waals surface area contributed by atoms with Gasteiger partial charge in [-0.3, -0.25) is 28.8 Å². The van der Waals surface area contributed by atoms with Gasteiger partial charge in [-0.05, 0) is 0 Å². The Balaban J connectivity index is 2.22. The molecule has 0 aromatic heterocycles. The van der Waals surface area contributed by atoms with E-state index in [0.29, 0.717) is 36.5 Å². The van der Waals surface area contributed by atoms with Gasteiger partial charge in [0.25, 0.3) is 35.4 Å². The molecule has 6 amide bonds. The SMILES string of the molecule is O=C1C=CC(=O)N1C(C(=O)OCC(CO)(CO)CO)(N1C(=O)C=CC1=O)N1C(=O)C=CC1=O. The Morgan fingerprint density at radius 1 is 0.636 bits per heavy atom. The summed E-state index contributed by atoms with van der Waals surface area (Å²) in [6.45, 7) is -3.63. The summed E-state index contributed by atoms with van der Waals surface area (Å²) < 4.78 is 5.03. The van der Waals surface area contributed by atoms with Crippen LogP contribution in [-0.2, 0) is 38.3 Å². The van der Waals surface area contributed by atoms with Gasteiger partial charge in [0.05, 0.1) is 25.2 Å². The number of amides is 6. The Morgan fingerprint density at radius 3 is 1.15 bits per heavy atom. The van der Waals surface area contributed by atoms with Gasteiger partial charge in [0.1, 0.15) is 6.61 Å². The number of aliphatic hydroxyl groups excluding tert-OH is 3. The van der Waals surface area contributed by atoms with Gasteiger partial charge in [-0.1, -0.05) is 0 Å². The second-order valence-electron chi connectivity index (χ2n) is 7.22. The molecule has 0 fully saturated rings. The van der Waals surface area contributed by atoms with Crippen LogP contribution in [0.1, 0.15) is 0 Å². The third kappa shape index (κ3) is 3.45. The summed E-state index contributed by atoms with van der Waals surface area (Å²) in [7, 11) is 0. The number of nitrogens with zero attached hydrogens (tertiary/aromatic N) is 3. The predicted octanol–water partition coefficient (Wildman–Crippen LogP) is -4.08. The summed E-state index contributed by atoms with van der Waals surface area (Å²) >= 11 is 0. The molecule has 0 saturated carbocycles. The standard InChI is InChI=1S/C19H17N3O11/c23-7-18(8-24,9-25)10-33-17(32)19(20-11(26)1-2-12(20)27,21-13(28)3-4-14(21)29)22-15(30)5-6-16(22)31/h1-6,23-25H,7-10H2. The van der Waals surface area contributed by atoms with Crippen molar-refractivity contribution >= 4 is 41.4 Å². The van der Waals surface area contributed by atoms with Crippen molar-refractivity contribution in [3.05, 3.63) is 36.5 Å². The molecule has 0 aromatic carbocycles. The summed E-state index contributed by atoms with van der Waals surface area (Å²) in [5, 5.41) is 28.4. The minimum absolute atomic E-state index is 0.0411. The fourth-order valence-electron chi connectivity index (χ4n) is 3.30. The number of esters is 1. The van der Waals surface area contributed by atoms with Gasteiger partial charge in [-0.2, -0.15) is 0 Å². The molecule has 3 heterocycles. The maximum atomic E-state index is 13.5. The number of hydrogen-bond acceptors (Lipinski definition) is 11. The van der Waals surface area contributed by atoms with E-state index < -0.39 is 79.0 Å². The Labute approximate surface area is 184 Å². The molecule has 0 saturated heterocycles. The van der Waals surface area contributed by atoms with E-state index in [1.165, 1.54) is 0 Å². The molecule has 14 nitrogen and oxygen atoms in total. The van der Waals surface area contributed by atoms with Crippen molar-refractivity contribution in [1.82, 2.24) is 14.7 Å². The quantitative estimate of drug-likeness (QED) is 0.222. The number of ether oxygens (including phenoxy) is 1. The van der Waals surface area contributed by atoms with Crippen LogP contribution >= 0.6 is 0 Å². The van der Waals surface area contributed by atoms with Crippen molar-refractivity contribution in [3.8, 4) is 0 Å². The molecule has 3 aliphatic rings. The lowest BCUT2D eigenvalue weighted by atomic mass is 9.92. The van der Waals surface area contributed by atoms with Gasteiger partial charge in [-0.25, -0.2) is 19.5 Å². The number of carbonyl (C=O) groups excluding carboxylic acids is 7. The van der Waals surface area contributed by atoms with Crippen molar-refractivity contribution in [1.29, 1.82) is 0 Å². The van der Waals surface area contributed by atoms with Gasteiger partial charge in [0.15, 0.2) is 0 Å². The number of rotatable bonds is 9. The van der Waals surface area contributed by atoms with Gasteiger partial charge in [0, 0.05) is 36.5 Å². The number of imide groups is 3. The lowest BCUT2D eigenvalue weighted by Gasteiger charge is -2.46. The van der Waals surface area contributed by atoms with E-state index >= 15 is 0 Å². The average molecular weight is 463 g/mol. The van der Waals surface area contributed by atoms with Gasteiger partial charge in [0.2, 0.25) is 0 Å². The largest absolute Gasteiger partial charge is 0.460 e. The Bertz CT molecular complexity index is 888. The predicted molar refractivity (Wildman–Crippen MR) is 100 cm³/mol. The van der Waals surface area contributed by atoms with Crippen LogP contribution in [0.5, 0.6) is 0 Å². The molecule has 0 spiro atoms. The lowest BCUT2D eigenvalue weighted by Crippen LogP contribution is -2.78. The molecule has 3 N–H and O–H groups in total. The van der Waals surface area contributed by atoms with Crippen molar-refractivity contribution in [2.75, 3.05) is 26.4 Å². The molecule has 174 valence electrons. The molecule has 0 atom stereocenters. The average Bonchev–Trinajstić information content (AvgIpc) is 3.43. The van der Waals surface area contributed by atoms with Gasteiger partial charge < -0.3 is 20.1 Å². The highest BCUT2D eigenvalue weighted by Gasteiger charge is 2.67. The Hall–Kier alpha value is -4.01. The smallest absolute Gasteiger partial charge is 0.377 e. The summed E-state index contributed by atoms with van der Waals surface area (Å²) in [6, 6.07) is 0. The Kier molecular flexibility index (Phi) is 6.09. The topological polar surface area (TPSA) is 199 Å². The second-order valence-corrected chi connectivity index (χ2v) is 7.22. The first-order valence-electron chi connectivity index (χ1n) is 9.28. The van der Waals surface area contributed by atoms with E-state index in [4.69, 9.17) is 4.74 Å². The maximum Gasteiger partial charge on any atom is 0.377 e. The van der Waals surface area contributed by atoms with Crippen LogP contribution in [-0.4, -0.2) is 104 Å². The zero-order chi connectivity index (χ0) is 24.6. The lowest BCUT2D eigenvalue weighted by molar-refractivity contribution is -0.210. The number of aliphatic hydroxyl groups is 3. The highest BCUT2D eigenvalue weighted by molar-refractivity contribution is 6.24. The van der Waals surface area contributed by atoms with Crippen LogP contribution in [0, 0.1) is 5.41 Å². The summed E-state index contributed by atoms with van der Waals surface area (Å²) in [5.41, 5.74) is -1.81. The monoisotopic (exact) mass is 463 g/mol. The van der Waals surface area contributed by atoms with Gasteiger partial charge in [-0.15, -0.1) is 0 Å². The molecule has 3 rings (SSSR count). The minimum Gasteiger partial charge on any atom is -0.460 e. The summed E-state index contributed by atoms with van der Waals surface area (Å²) in [5.74, 6) is -12.7. The van der Waals surface area contributed by atoms with Crippen LogP contribution < -0.4 is 0 Å². The molecule has 0 radical (unpaired) electrons. The highest BCUT2D eigenvalue weighted by atomic mass is 16.5. The molecule has 0 aliphatic carbocycles. The molecular formula is C19H17N3O11. The van der Waals surface area contributed by atoms with Crippen molar-refractivity contribution < 1.29 is 53.6 Å². The summed E-state index contributed by atoms with van der Waals surface area (Å²) in [6.07, 6.45) is 4.09. The fourth-order valence-corrected chi connectivity index (χ4v) is 3.30. The number of carbonyl (C=O) groups is 7. The van der Waals surface area contributed by atoms with E-state index in [0.717, 1.165) is 0 Å². The normalized spacial score (nSPS) is 18.6. The van der Waals surface area contributed by atoms with Crippen LogP contribution in [0.3, 0.4) is 0 Å². The molecule has 0 aromatic rings. The highest BCUT2D eigenvalue weighted by Crippen LogP contribution is 2.35. The van der Waals surface area contributed by atoms with Gasteiger partial charge >= 0.3 is 11.8 Å². The van der Waals surface area contributed by atoms with Crippen molar-refractivity contribution in [2.45, 2.75) is 5.79 Å². The molecule has 0 unspecified atom stereocenters. The van der Waals surface area contributed by atoms with E-state index in [9.17, 15) is 48.9 Å². The third-order valence-electron chi connectivity index (χ3n) is 5.15. The van der Waals surface area contributed by atoms with E-state index in [-0.39, 0.29) is 14.7 Å². The Morgan fingerprint density at radius 2 is 0.909 bits per heavy atom. The minimum atomic E-state index is -3.35. The first kappa shape index (κ1) is 23.6. The maximum absolute atomic E-state index is 13.5. The van der Waals surface area contributed by atoms with E-state index in [1.54, 1.807) is 0 Å². The van der Waals surface area contributed by atoms with Crippen LogP contribution in [0.25, 0.3) is 0 Å². The zero-order valence-corrected chi connectivity index (χ0v) is 16.7. The molecule has 14 heteroatoms. The molecule has 0 bridgehead atoms. The van der Waals surface area contributed by atoms with Crippen molar-refractivity contribution in [2.24, 2.45) is 5.41 Å². The molecule has 33 heavy (non-hydrogen) atoms. The van der Waals surface area contributed by atoms with Crippen molar-refractivity contribution in [3.63, 3.8) is 0 Å².